The monoisotopic (exact) mass is 310 g/mol. The minimum atomic E-state index is 0.0383. The highest BCUT2D eigenvalue weighted by atomic mass is 16.5. The third-order valence-electron chi connectivity index (χ3n) is 4.03. The van der Waals surface area contributed by atoms with Gasteiger partial charge in [-0.05, 0) is 55.0 Å². The van der Waals surface area contributed by atoms with Crippen LogP contribution in [0.4, 0.5) is 0 Å². The number of carbonyl (C=O) groups is 1. The third-order valence-corrected chi connectivity index (χ3v) is 4.03. The molecule has 0 aliphatic heterocycles. The number of hydrogen-bond donors (Lipinski definition) is 0. The zero-order valence-corrected chi connectivity index (χ0v) is 14.8. The predicted molar refractivity (Wildman–Crippen MR) is 95.4 cm³/mol. The van der Waals surface area contributed by atoms with E-state index >= 15 is 0 Å². The Morgan fingerprint density at radius 3 is 2.30 bits per heavy atom. The molecule has 0 saturated heterocycles. The molecule has 2 rings (SSSR count). The zero-order valence-electron chi connectivity index (χ0n) is 14.8. The van der Waals surface area contributed by atoms with Gasteiger partial charge < -0.3 is 4.74 Å². The van der Waals surface area contributed by atoms with Crippen LogP contribution in [-0.2, 0) is 11.2 Å². The van der Waals surface area contributed by atoms with Gasteiger partial charge in [0.1, 0.15) is 12.4 Å². The van der Waals surface area contributed by atoms with Crippen molar-refractivity contribution >= 4 is 5.78 Å². The number of benzene rings is 2. The first kappa shape index (κ1) is 17.3. The van der Waals surface area contributed by atoms with E-state index in [0.29, 0.717) is 5.92 Å². The molecule has 0 N–H and O–H groups in total. The molecule has 2 heteroatoms. The number of carbonyl (C=O) groups excluding carboxylic acids is 1. The Labute approximate surface area is 139 Å². The van der Waals surface area contributed by atoms with Crippen molar-refractivity contribution in [2.75, 3.05) is 6.61 Å². The normalized spacial score (nSPS) is 10.9. The molecule has 0 saturated carbocycles. The molecular formula is C21H26O2. The van der Waals surface area contributed by atoms with E-state index in [1.54, 1.807) is 6.92 Å². The van der Waals surface area contributed by atoms with Gasteiger partial charge in [-0.15, -0.1) is 0 Å². The molecule has 122 valence electrons. The molecule has 2 aromatic carbocycles. The lowest BCUT2D eigenvalue weighted by atomic mass is 9.95. The van der Waals surface area contributed by atoms with Gasteiger partial charge in [0.05, 0.1) is 0 Å². The zero-order chi connectivity index (χ0) is 17.0. The number of Topliss-reactive ketones (excluding diaryl/α,β-unsaturated/α-hetero) is 1. The number of ketones is 1. The van der Waals surface area contributed by atoms with Crippen molar-refractivity contribution in [2.45, 2.75) is 47.0 Å². The molecule has 2 nitrogen and oxygen atoms in total. The van der Waals surface area contributed by atoms with E-state index in [-0.39, 0.29) is 12.4 Å². The molecule has 0 fully saturated rings. The lowest BCUT2D eigenvalue weighted by Gasteiger charge is -2.15. The van der Waals surface area contributed by atoms with Gasteiger partial charge in [-0.25, -0.2) is 0 Å². The first-order valence-electron chi connectivity index (χ1n) is 8.18. The Morgan fingerprint density at radius 1 is 1.09 bits per heavy atom. The standard InChI is InChI=1S/C21H26O2/c1-14(2)19-8-6-18(7-9-19)12-20-16(4)10-15(3)11-21(20)23-13-17(5)22/h6-11,14H,12-13H2,1-5H3. The largest absolute Gasteiger partial charge is 0.486 e. The molecule has 2 aromatic rings. The SMILES string of the molecule is CC(=O)COc1cc(C)cc(C)c1Cc1ccc(C(C)C)cc1. The number of ether oxygens (including phenoxy) is 1. The topological polar surface area (TPSA) is 26.3 Å². The second-order valence-electron chi connectivity index (χ2n) is 6.62. The van der Waals surface area contributed by atoms with E-state index < -0.39 is 0 Å². The van der Waals surface area contributed by atoms with E-state index in [4.69, 9.17) is 4.74 Å². The summed E-state index contributed by atoms with van der Waals surface area (Å²) in [7, 11) is 0. The van der Waals surface area contributed by atoms with Crippen LogP contribution in [0.3, 0.4) is 0 Å². The van der Waals surface area contributed by atoms with Crippen LogP contribution in [0.2, 0.25) is 0 Å². The molecule has 23 heavy (non-hydrogen) atoms. The molecule has 0 atom stereocenters. The van der Waals surface area contributed by atoms with Crippen molar-refractivity contribution in [2.24, 2.45) is 0 Å². The summed E-state index contributed by atoms with van der Waals surface area (Å²) < 4.78 is 5.74. The van der Waals surface area contributed by atoms with Gasteiger partial charge in [0, 0.05) is 12.0 Å². The molecule has 0 spiro atoms. The molecule has 0 bridgehead atoms. The van der Waals surface area contributed by atoms with Gasteiger partial charge >= 0.3 is 0 Å². The summed E-state index contributed by atoms with van der Waals surface area (Å²) in [4.78, 5) is 11.2. The van der Waals surface area contributed by atoms with E-state index in [1.807, 2.05) is 6.07 Å². The Morgan fingerprint density at radius 2 is 1.74 bits per heavy atom. The molecule has 0 aliphatic rings. The molecule has 0 unspecified atom stereocenters. The van der Waals surface area contributed by atoms with Crippen molar-refractivity contribution in [1.29, 1.82) is 0 Å². The minimum Gasteiger partial charge on any atom is -0.486 e. The fourth-order valence-electron chi connectivity index (χ4n) is 2.72. The van der Waals surface area contributed by atoms with E-state index in [2.05, 4.69) is 58.0 Å². The van der Waals surface area contributed by atoms with Crippen LogP contribution < -0.4 is 4.74 Å². The van der Waals surface area contributed by atoms with Gasteiger partial charge in [-0.3, -0.25) is 4.79 Å². The lowest BCUT2D eigenvalue weighted by Crippen LogP contribution is -2.09. The van der Waals surface area contributed by atoms with Crippen LogP contribution >= 0.6 is 0 Å². The average molecular weight is 310 g/mol. The summed E-state index contributed by atoms with van der Waals surface area (Å²) >= 11 is 0. The first-order valence-corrected chi connectivity index (χ1v) is 8.18. The van der Waals surface area contributed by atoms with Gasteiger partial charge in [0.25, 0.3) is 0 Å². The first-order chi connectivity index (χ1) is 10.9. The summed E-state index contributed by atoms with van der Waals surface area (Å²) in [5, 5.41) is 0. The van der Waals surface area contributed by atoms with Crippen molar-refractivity contribution in [3.8, 4) is 5.75 Å². The van der Waals surface area contributed by atoms with Crippen LogP contribution in [0.25, 0.3) is 0 Å². The second kappa shape index (κ2) is 7.45. The predicted octanol–water partition coefficient (Wildman–Crippen LogP) is 4.99. The van der Waals surface area contributed by atoms with Crippen LogP contribution in [-0.4, -0.2) is 12.4 Å². The summed E-state index contributed by atoms with van der Waals surface area (Å²) in [5.74, 6) is 1.40. The van der Waals surface area contributed by atoms with Crippen LogP contribution in [0, 0.1) is 13.8 Å². The van der Waals surface area contributed by atoms with Gasteiger partial charge in [0.15, 0.2) is 5.78 Å². The Kier molecular flexibility index (Phi) is 5.59. The molecule has 0 heterocycles. The minimum absolute atomic E-state index is 0.0383. The van der Waals surface area contributed by atoms with Crippen LogP contribution in [0.1, 0.15) is 54.5 Å². The van der Waals surface area contributed by atoms with Crippen molar-refractivity contribution in [1.82, 2.24) is 0 Å². The van der Waals surface area contributed by atoms with Crippen molar-refractivity contribution in [3.05, 3.63) is 64.2 Å². The molecular weight excluding hydrogens is 284 g/mol. The highest BCUT2D eigenvalue weighted by Crippen LogP contribution is 2.27. The quantitative estimate of drug-likeness (QED) is 0.751. The molecule has 0 aromatic heterocycles. The summed E-state index contributed by atoms with van der Waals surface area (Å²) in [6.07, 6.45) is 0.817. The van der Waals surface area contributed by atoms with Crippen LogP contribution in [0.15, 0.2) is 36.4 Å². The van der Waals surface area contributed by atoms with E-state index in [1.165, 1.54) is 16.7 Å². The van der Waals surface area contributed by atoms with Crippen molar-refractivity contribution < 1.29 is 9.53 Å². The molecule has 0 aliphatic carbocycles. The summed E-state index contributed by atoms with van der Waals surface area (Å²) in [5.41, 5.74) is 6.13. The molecule has 0 radical (unpaired) electrons. The number of aryl methyl sites for hydroxylation is 2. The average Bonchev–Trinajstić information content (AvgIpc) is 2.48. The molecule has 0 amide bonds. The van der Waals surface area contributed by atoms with Gasteiger partial charge in [-0.1, -0.05) is 44.2 Å². The van der Waals surface area contributed by atoms with E-state index in [0.717, 1.165) is 23.3 Å². The third kappa shape index (κ3) is 4.69. The maximum atomic E-state index is 11.2. The maximum Gasteiger partial charge on any atom is 0.167 e. The fourth-order valence-corrected chi connectivity index (χ4v) is 2.72. The van der Waals surface area contributed by atoms with Gasteiger partial charge in [-0.2, -0.15) is 0 Å². The smallest absolute Gasteiger partial charge is 0.167 e. The Bertz CT molecular complexity index is 682. The lowest BCUT2D eigenvalue weighted by molar-refractivity contribution is -0.118. The second-order valence-corrected chi connectivity index (χ2v) is 6.62. The highest BCUT2D eigenvalue weighted by Gasteiger charge is 2.11. The number of rotatable bonds is 6. The summed E-state index contributed by atoms with van der Waals surface area (Å²) in [6, 6.07) is 12.9. The maximum absolute atomic E-state index is 11.2. The fraction of sp³-hybridized carbons (Fsp3) is 0.381. The van der Waals surface area contributed by atoms with Crippen LogP contribution in [0.5, 0.6) is 5.75 Å². The van der Waals surface area contributed by atoms with E-state index in [9.17, 15) is 4.79 Å². The van der Waals surface area contributed by atoms with Crippen molar-refractivity contribution in [3.63, 3.8) is 0 Å². The summed E-state index contributed by atoms with van der Waals surface area (Å²) in [6.45, 7) is 10.2. The number of hydrogen-bond acceptors (Lipinski definition) is 2. The van der Waals surface area contributed by atoms with Gasteiger partial charge in [0.2, 0.25) is 0 Å². The highest BCUT2D eigenvalue weighted by molar-refractivity contribution is 5.77. The Balaban J connectivity index is 2.28. The Hall–Kier alpha value is -2.09.